The molecule has 12 nitrogen and oxygen atoms in total. The summed E-state index contributed by atoms with van der Waals surface area (Å²) in [4.78, 5) is 25.5. The third-order valence-corrected chi connectivity index (χ3v) is 12.0. The van der Waals surface area contributed by atoms with Crippen molar-refractivity contribution in [2.24, 2.45) is 0 Å². The molecule has 0 spiro atoms. The molecule has 0 aromatic carbocycles. The molecule has 1 aliphatic rings. The first kappa shape index (κ1) is 57.9. The minimum Gasteiger partial charge on any atom is -0.462 e. The number of ether oxygens (including phenoxy) is 4. The quantitative estimate of drug-likeness (QED) is 0.0150. The largest absolute Gasteiger partial charge is 0.462 e. The van der Waals surface area contributed by atoms with E-state index in [9.17, 15) is 37.9 Å². The predicted molar refractivity (Wildman–Crippen MR) is 246 cm³/mol. The Hall–Kier alpha value is -2.09. The van der Waals surface area contributed by atoms with E-state index in [1.54, 1.807) is 0 Å². The molecular weight excluding hydrogens is 813 g/mol. The van der Waals surface area contributed by atoms with Crippen LogP contribution < -0.4 is 0 Å². The van der Waals surface area contributed by atoms with Gasteiger partial charge in [0, 0.05) is 12.8 Å². The fourth-order valence-electron chi connectivity index (χ4n) is 7.41. The molecular formula is C49H88O12S. The SMILES string of the molecule is CCCCCCCC=C=CCCCCCCCC(=O)OC[C@H](CO[C@H]1O[C@H](CS(=O)(=O)O)[C@@H](O)C(O)C1O)OC(=O)CCCCCCCCCCC/C=C/CCCCCCCC. The molecule has 2 unspecified atom stereocenters. The van der Waals surface area contributed by atoms with E-state index in [0.717, 1.165) is 57.8 Å². The van der Waals surface area contributed by atoms with Crippen LogP contribution in [0, 0.1) is 0 Å². The molecule has 0 amide bonds. The second kappa shape index (κ2) is 39.3. The van der Waals surface area contributed by atoms with Gasteiger partial charge in [-0.1, -0.05) is 148 Å². The third kappa shape index (κ3) is 33.4. The highest BCUT2D eigenvalue weighted by Crippen LogP contribution is 2.24. The number of unbranched alkanes of at least 4 members (excludes halogenated alkanes) is 25. The highest BCUT2D eigenvalue weighted by Gasteiger charge is 2.46. The summed E-state index contributed by atoms with van der Waals surface area (Å²) < 4.78 is 54.1. The zero-order valence-electron chi connectivity index (χ0n) is 38.8. The highest BCUT2D eigenvalue weighted by atomic mass is 32.2. The average Bonchev–Trinajstić information content (AvgIpc) is 3.24. The van der Waals surface area contributed by atoms with Gasteiger partial charge in [0.15, 0.2) is 12.4 Å². The molecule has 0 aromatic heterocycles. The molecule has 362 valence electrons. The fraction of sp³-hybridized carbons (Fsp3) is 0.857. The summed E-state index contributed by atoms with van der Waals surface area (Å²) >= 11 is 0. The van der Waals surface area contributed by atoms with E-state index in [0.29, 0.717) is 12.8 Å². The van der Waals surface area contributed by atoms with Gasteiger partial charge in [-0.25, -0.2) is 0 Å². The molecule has 0 bridgehead atoms. The zero-order chi connectivity index (χ0) is 45.5. The van der Waals surface area contributed by atoms with Gasteiger partial charge in [-0.2, -0.15) is 8.42 Å². The molecule has 0 aliphatic carbocycles. The van der Waals surface area contributed by atoms with Gasteiger partial charge in [0.25, 0.3) is 10.1 Å². The van der Waals surface area contributed by atoms with Crippen LogP contribution in [-0.4, -0.2) is 96.0 Å². The molecule has 1 saturated heterocycles. The number of hydrogen-bond acceptors (Lipinski definition) is 11. The molecule has 1 fully saturated rings. The maximum atomic E-state index is 12.8. The van der Waals surface area contributed by atoms with Crippen molar-refractivity contribution >= 4 is 22.1 Å². The monoisotopic (exact) mass is 901 g/mol. The molecule has 1 aliphatic heterocycles. The minimum absolute atomic E-state index is 0.159. The molecule has 4 N–H and O–H groups in total. The smallest absolute Gasteiger partial charge is 0.306 e. The van der Waals surface area contributed by atoms with Crippen molar-refractivity contribution in [2.45, 2.75) is 250 Å². The molecule has 13 heteroatoms. The van der Waals surface area contributed by atoms with Crippen LogP contribution in [0.15, 0.2) is 30.0 Å². The van der Waals surface area contributed by atoms with Crippen LogP contribution in [-0.2, 0) is 38.7 Å². The van der Waals surface area contributed by atoms with Crippen molar-refractivity contribution in [1.82, 2.24) is 0 Å². The van der Waals surface area contributed by atoms with Crippen LogP contribution in [0.5, 0.6) is 0 Å². The third-order valence-electron chi connectivity index (χ3n) is 11.3. The maximum absolute atomic E-state index is 12.8. The van der Waals surface area contributed by atoms with Gasteiger partial charge in [0.05, 0.1) is 6.61 Å². The molecule has 0 aromatic rings. The van der Waals surface area contributed by atoms with Crippen LogP contribution in [0.25, 0.3) is 0 Å². The Kier molecular flexibility index (Phi) is 36.7. The number of hydrogen-bond donors (Lipinski definition) is 4. The summed E-state index contributed by atoms with van der Waals surface area (Å²) in [6.45, 7) is 3.74. The van der Waals surface area contributed by atoms with Crippen molar-refractivity contribution in [3.05, 3.63) is 30.0 Å². The van der Waals surface area contributed by atoms with Gasteiger partial charge in [-0.05, 0) is 76.4 Å². The van der Waals surface area contributed by atoms with Gasteiger partial charge in [0.1, 0.15) is 36.8 Å². The summed E-state index contributed by atoms with van der Waals surface area (Å²) in [5, 5.41) is 30.9. The normalized spacial score (nSPS) is 19.6. The lowest BCUT2D eigenvalue weighted by Crippen LogP contribution is -2.60. The number of carbonyl (C=O) groups excluding carboxylic acids is 2. The Morgan fingerprint density at radius 3 is 1.50 bits per heavy atom. The fourth-order valence-corrected chi connectivity index (χ4v) is 8.10. The summed E-state index contributed by atoms with van der Waals surface area (Å²) in [6.07, 6.45) is 32.8. The van der Waals surface area contributed by atoms with E-state index >= 15 is 0 Å². The van der Waals surface area contributed by atoms with Gasteiger partial charge < -0.3 is 34.3 Å². The second-order valence-electron chi connectivity index (χ2n) is 17.2. The first-order chi connectivity index (χ1) is 30.0. The first-order valence-electron chi connectivity index (χ1n) is 24.6. The second-order valence-corrected chi connectivity index (χ2v) is 18.7. The first-order valence-corrected chi connectivity index (χ1v) is 26.2. The number of carbonyl (C=O) groups is 2. The molecule has 6 atom stereocenters. The van der Waals surface area contributed by atoms with E-state index in [1.165, 1.54) is 116 Å². The van der Waals surface area contributed by atoms with Crippen LogP contribution in [0.2, 0.25) is 0 Å². The molecule has 0 saturated carbocycles. The van der Waals surface area contributed by atoms with E-state index in [4.69, 9.17) is 18.9 Å². The molecule has 1 rings (SSSR count). The van der Waals surface area contributed by atoms with E-state index in [-0.39, 0.29) is 19.4 Å². The number of rotatable bonds is 41. The number of allylic oxidation sites excluding steroid dienone is 3. The van der Waals surface area contributed by atoms with Gasteiger partial charge >= 0.3 is 11.9 Å². The van der Waals surface area contributed by atoms with Gasteiger partial charge in [0.2, 0.25) is 0 Å². The number of aliphatic hydroxyl groups is 3. The Morgan fingerprint density at radius 1 is 0.581 bits per heavy atom. The zero-order valence-corrected chi connectivity index (χ0v) is 39.6. The lowest BCUT2D eigenvalue weighted by atomic mass is 10.00. The Bertz CT molecular complexity index is 1300. The summed E-state index contributed by atoms with van der Waals surface area (Å²) in [7, 11) is -4.61. The van der Waals surface area contributed by atoms with Crippen LogP contribution in [0.1, 0.15) is 213 Å². The van der Waals surface area contributed by atoms with Crippen molar-refractivity contribution in [1.29, 1.82) is 0 Å². The van der Waals surface area contributed by atoms with Crippen molar-refractivity contribution in [3.8, 4) is 0 Å². The number of esters is 2. The van der Waals surface area contributed by atoms with E-state index in [2.05, 4.69) is 43.9 Å². The van der Waals surface area contributed by atoms with E-state index in [1.807, 2.05) is 0 Å². The average molecular weight is 901 g/mol. The predicted octanol–water partition coefficient (Wildman–Crippen LogP) is 10.6. The molecule has 0 radical (unpaired) electrons. The topological polar surface area (TPSA) is 186 Å². The van der Waals surface area contributed by atoms with Crippen molar-refractivity contribution in [2.75, 3.05) is 19.0 Å². The number of aliphatic hydroxyl groups excluding tert-OH is 3. The van der Waals surface area contributed by atoms with E-state index < -0.39 is 71.2 Å². The van der Waals surface area contributed by atoms with Crippen molar-refractivity contribution < 1.29 is 56.8 Å². The maximum Gasteiger partial charge on any atom is 0.306 e. The molecule has 62 heavy (non-hydrogen) atoms. The van der Waals surface area contributed by atoms with Crippen LogP contribution in [0.3, 0.4) is 0 Å². The minimum atomic E-state index is -4.61. The van der Waals surface area contributed by atoms with Crippen LogP contribution in [0.4, 0.5) is 0 Å². The van der Waals surface area contributed by atoms with Crippen molar-refractivity contribution in [3.63, 3.8) is 0 Å². The summed E-state index contributed by atoms with van der Waals surface area (Å²) in [5.74, 6) is -2.00. The molecule has 1 heterocycles. The summed E-state index contributed by atoms with van der Waals surface area (Å²) in [6, 6.07) is 0. The standard InChI is InChI=1S/C49H88O12S/c1-3-5-7-9-11-13-15-17-19-20-21-22-24-26-28-30-32-34-36-38-45(51)60-42(40-59-49-48(54)47(53)46(52)43(61-49)41-62(55,56)57)39-58-44(50)37-35-33-31-29-27-25-23-18-16-14-12-10-8-6-4-2/h16-17,19,23,42-43,46-49,52-54H,3-15,20-22,24-41H2,1-2H3,(H,55,56,57)/b19-17+/t18?,42-,43-,46-,47?,48?,49+/m1/s1. The Morgan fingerprint density at radius 2 is 1.02 bits per heavy atom. The Balaban J connectivity index is 2.41. The highest BCUT2D eigenvalue weighted by molar-refractivity contribution is 7.85. The lowest BCUT2D eigenvalue weighted by Gasteiger charge is -2.40. The Labute approximate surface area is 376 Å². The summed E-state index contributed by atoms with van der Waals surface area (Å²) in [5.41, 5.74) is 3.28. The lowest BCUT2D eigenvalue weighted by molar-refractivity contribution is -0.297. The van der Waals surface area contributed by atoms with Gasteiger partial charge in [-0.3, -0.25) is 14.1 Å². The van der Waals surface area contributed by atoms with Crippen LogP contribution >= 0.6 is 0 Å². The van der Waals surface area contributed by atoms with Gasteiger partial charge in [-0.15, -0.1) is 5.73 Å².